The number of terminal acetylenes is 1. The summed E-state index contributed by atoms with van der Waals surface area (Å²) in [5.74, 6) is -2.36. The molecule has 0 aromatic heterocycles. The first kappa shape index (κ1) is 32.8. The van der Waals surface area contributed by atoms with Gasteiger partial charge in [-0.05, 0) is 52.7 Å². The Hall–Kier alpha value is -4.36. The predicted molar refractivity (Wildman–Crippen MR) is 153 cm³/mol. The summed E-state index contributed by atoms with van der Waals surface area (Å²) in [4.78, 5) is 53.6. The highest BCUT2D eigenvalue weighted by atomic mass is 16.6. The van der Waals surface area contributed by atoms with Crippen LogP contribution in [0.3, 0.4) is 0 Å². The van der Waals surface area contributed by atoms with Gasteiger partial charge in [0.25, 0.3) is 5.91 Å². The van der Waals surface area contributed by atoms with E-state index in [1.807, 2.05) is 30.3 Å². The quantitative estimate of drug-likeness (QED) is 0.229. The molecule has 0 radical (unpaired) electrons. The highest BCUT2D eigenvalue weighted by molar-refractivity contribution is 5.95. The van der Waals surface area contributed by atoms with Crippen LogP contribution in [-0.4, -0.2) is 63.8 Å². The summed E-state index contributed by atoms with van der Waals surface area (Å²) in [6, 6.07) is 15.5. The second-order valence-electron chi connectivity index (χ2n) is 11.3. The lowest BCUT2D eigenvalue weighted by molar-refractivity contribution is -0.159. The van der Waals surface area contributed by atoms with Crippen LogP contribution in [0.1, 0.15) is 58.7 Å². The molecule has 0 bridgehead atoms. The van der Waals surface area contributed by atoms with E-state index in [4.69, 9.17) is 15.9 Å². The third-order valence-corrected chi connectivity index (χ3v) is 5.46. The van der Waals surface area contributed by atoms with Crippen LogP contribution in [-0.2, 0) is 30.3 Å². The topological polar surface area (TPSA) is 134 Å². The molecule has 3 N–H and O–H groups in total. The van der Waals surface area contributed by atoms with Gasteiger partial charge in [-0.2, -0.15) is 0 Å². The predicted octanol–water partition coefficient (Wildman–Crippen LogP) is 3.10. The van der Waals surface area contributed by atoms with Gasteiger partial charge in [0, 0.05) is 12.5 Å². The fourth-order valence-corrected chi connectivity index (χ4v) is 3.79. The lowest BCUT2D eigenvalue weighted by Crippen LogP contribution is -2.54. The van der Waals surface area contributed by atoms with Gasteiger partial charge in [-0.15, -0.1) is 0 Å². The first-order valence-electron chi connectivity index (χ1n) is 13.2. The third-order valence-electron chi connectivity index (χ3n) is 5.46. The Morgan fingerprint density at radius 1 is 0.854 bits per heavy atom. The molecule has 0 aliphatic heterocycles. The molecule has 0 saturated carbocycles. The Morgan fingerprint density at radius 3 is 1.88 bits per heavy atom. The minimum atomic E-state index is -1.51. The minimum Gasteiger partial charge on any atom is -0.458 e. The Morgan fingerprint density at radius 2 is 1.39 bits per heavy atom. The van der Waals surface area contributed by atoms with E-state index in [1.54, 1.807) is 71.9 Å². The first-order chi connectivity index (χ1) is 19.1. The molecule has 0 aliphatic carbocycles. The highest BCUT2D eigenvalue weighted by Gasteiger charge is 2.38. The maximum absolute atomic E-state index is 13.9. The molecular formula is C31H39N3O7. The third kappa shape index (κ3) is 10.6. The molecule has 10 heteroatoms. The summed E-state index contributed by atoms with van der Waals surface area (Å²) in [5, 5.41) is 14.9. The van der Waals surface area contributed by atoms with Crippen LogP contribution < -0.4 is 10.6 Å². The van der Waals surface area contributed by atoms with Crippen LogP contribution in [0.4, 0.5) is 4.79 Å². The van der Waals surface area contributed by atoms with Crippen LogP contribution in [0.25, 0.3) is 0 Å². The number of esters is 1. The average molecular weight is 566 g/mol. The molecule has 0 fully saturated rings. The molecule has 0 heterocycles. The van der Waals surface area contributed by atoms with Crippen molar-refractivity contribution >= 4 is 23.9 Å². The van der Waals surface area contributed by atoms with Crippen LogP contribution in [0.5, 0.6) is 0 Å². The van der Waals surface area contributed by atoms with E-state index in [0.717, 1.165) is 10.5 Å². The Balaban J connectivity index is 2.43. The zero-order valence-corrected chi connectivity index (χ0v) is 24.3. The molecule has 0 spiro atoms. The first-order valence-corrected chi connectivity index (χ1v) is 13.2. The number of rotatable bonds is 10. The molecule has 220 valence electrons. The Labute approximate surface area is 241 Å². The molecule has 41 heavy (non-hydrogen) atoms. The summed E-state index contributed by atoms with van der Waals surface area (Å²) >= 11 is 0. The number of nitrogens with one attached hydrogen (secondary N) is 2. The van der Waals surface area contributed by atoms with Gasteiger partial charge < -0.3 is 25.2 Å². The fraction of sp³-hybridized carbons (Fsp3) is 0.419. The molecule has 2 aromatic carbocycles. The minimum absolute atomic E-state index is 0.118. The van der Waals surface area contributed by atoms with Gasteiger partial charge in [-0.3, -0.25) is 14.5 Å². The Bertz CT molecular complexity index is 1230. The van der Waals surface area contributed by atoms with Crippen molar-refractivity contribution < 1.29 is 33.8 Å². The second kappa shape index (κ2) is 14.3. The van der Waals surface area contributed by atoms with Crippen LogP contribution in [0.15, 0.2) is 60.7 Å². The molecule has 2 aromatic rings. The molecule has 10 nitrogen and oxygen atoms in total. The van der Waals surface area contributed by atoms with Crippen LogP contribution >= 0.6 is 0 Å². The van der Waals surface area contributed by atoms with E-state index in [9.17, 15) is 24.3 Å². The zero-order chi connectivity index (χ0) is 30.8. The van der Waals surface area contributed by atoms with Crippen molar-refractivity contribution in [2.24, 2.45) is 0 Å². The lowest BCUT2D eigenvalue weighted by Gasteiger charge is -2.31. The van der Waals surface area contributed by atoms with Gasteiger partial charge in [0.1, 0.15) is 29.3 Å². The summed E-state index contributed by atoms with van der Waals surface area (Å²) < 4.78 is 10.8. The van der Waals surface area contributed by atoms with Crippen molar-refractivity contribution in [1.29, 1.82) is 0 Å². The second-order valence-corrected chi connectivity index (χ2v) is 11.3. The van der Waals surface area contributed by atoms with Crippen molar-refractivity contribution in [3.05, 3.63) is 71.8 Å². The number of hydrogen-bond acceptors (Lipinski definition) is 7. The molecule has 0 saturated heterocycles. The van der Waals surface area contributed by atoms with Gasteiger partial charge >= 0.3 is 12.1 Å². The van der Waals surface area contributed by atoms with E-state index in [0.29, 0.717) is 5.56 Å². The SMILES string of the molecule is C#CN(C(=O)C(CO)NC(=O)OC(C)(C)C)C(C(=O)NC(Cc1ccccc1)C(=O)OC(C)(C)C)c1ccccc1. The lowest BCUT2D eigenvalue weighted by atomic mass is 10.0. The monoisotopic (exact) mass is 565 g/mol. The molecule has 3 amide bonds. The van der Waals surface area contributed by atoms with E-state index in [1.165, 1.54) is 0 Å². The number of alkyl carbamates (subject to hydrolysis) is 1. The summed E-state index contributed by atoms with van der Waals surface area (Å²) in [5.41, 5.74) is -0.571. The van der Waals surface area contributed by atoms with Gasteiger partial charge in [0.2, 0.25) is 5.91 Å². The van der Waals surface area contributed by atoms with Crippen molar-refractivity contribution in [3.8, 4) is 12.5 Å². The van der Waals surface area contributed by atoms with E-state index in [2.05, 4.69) is 16.7 Å². The maximum atomic E-state index is 13.9. The van der Waals surface area contributed by atoms with Crippen molar-refractivity contribution in [1.82, 2.24) is 15.5 Å². The number of amides is 3. The van der Waals surface area contributed by atoms with Gasteiger partial charge in [-0.25, -0.2) is 9.59 Å². The standard InChI is InChI=1S/C31H39N3O7/c1-8-34(27(37)24(20-35)33-29(39)41-31(5,6)7)25(22-17-13-10-14-18-22)26(36)32-23(28(38)40-30(2,3)4)19-21-15-11-9-12-16-21/h1,9-18,23-25,35H,19-20H2,2-7H3,(H,32,36)(H,33,39). The largest absolute Gasteiger partial charge is 0.458 e. The maximum Gasteiger partial charge on any atom is 0.408 e. The van der Waals surface area contributed by atoms with Crippen molar-refractivity contribution in [2.45, 2.75) is 77.3 Å². The number of carbonyl (C=O) groups excluding carboxylic acids is 4. The van der Waals surface area contributed by atoms with Crippen LogP contribution in [0.2, 0.25) is 0 Å². The van der Waals surface area contributed by atoms with Gasteiger partial charge in [-0.1, -0.05) is 67.1 Å². The van der Waals surface area contributed by atoms with Crippen molar-refractivity contribution in [3.63, 3.8) is 0 Å². The number of nitrogens with zero attached hydrogens (tertiary/aromatic N) is 1. The molecule has 3 atom stereocenters. The molecule has 2 rings (SSSR count). The zero-order valence-electron chi connectivity index (χ0n) is 24.3. The summed E-state index contributed by atoms with van der Waals surface area (Å²) in [7, 11) is 0. The smallest absolute Gasteiger partial charge is 0.408 e. The van der Waals surface area contributed by atoms with Gasteiger partial charge in [0.05, 0.1) is 6.61 Å². The summed E-state index contributed by atoms with van der Waals surface area (Å²) in [6.07, 6.45) is 4.90. The number of carbonyl (C=O) groups is 4. The number of aliphatic hydroxyl groups is 1. The molecule has 3 unspecified atom stereocenters. The normalized spacial score (nSPS) is 13.5. The molecular weight excluding hydrogens is 526 g/mol. The fourth-order valence-electron chi connectivity index (χ4n) is 3.79. The highest BCUT2D eigenvalue weighted by Crippen LogP contribution is 2.23. The van der Waals surface area contributed by atoms with E-state index in [-0.39, 0.29) is 6.42 Å². The Kier molecular flexibility index (Phi) is 11.5. The number of aliphatic hydroxyl groups excluding tert-OH is 1. The van der Waals surface area contributed by atoms with Crippen LogP contribution in [0, 0.1) is 12.5 Å². The number of ether oxygens (including phenoxy) is 2. The van der Waals surface area contributed by atoms with Crippen molar-refractivity contribution in [2.75, 3.05) is 6.61 Å². The number of hydrogen-bond donors (Lipinski definition) is 3. The van der Waals surface area contributed by atoms with E-state index < -0.39 is 59.8 Å². The number of benzene rings is 2. The van der Waals surface area contributed by atoms with E-state index >= 15 is 0 Å². The average Bonchev–Trinajstić information content (AvgIpc) is 2.88. The molecule has 0 aliphatic rings. The van der Waals surface area contributed by atoms with Gasteiger partial charge in [0.15, 0.2) is 0 Å². The summed E-state index contributed by atoms with van der Waals surface area (Å²) in [6.45, 7) is 9.25.